The molecule has 0 spiro atoms. The number of esters is 1. The summed E-state index contributed by atoms with van der Waals surface area (Å²) in [5.74, 6) is 0.0593. The Bertz CT molecular complexity index is 317. The van der Waals surface area contributed by atoms with Crippen LogP contribution < -0.4 is 0 Å². The summed E-state index contributed by atoms with van der Waals surface area (Å²) in [6.45, 7) is 1.72. The normalized spacial score (nSPS) is 22.3. The summed E-state index contributed by atoms with van der Waals surface area (Å²) < 4.78 is 4.92. The fourth-order valence-electron chi connectivity index (χ4n) is 3.41. The molecular formula is C15H25NO3. The molecule has 1 saturated carbocycles. The van der Waals surface area contributed by atoms with Crippen LogP contribution in [0.3, 0.4) is 0 Å². The Morgan fingerprint density at radius 1 is 1.11 bits per heavy atom. The van der Waals surface area contributed by atoms with Crippen LogP contribution in [0.25, 0.3) is 0 Å². The van der Waals surface area contributed by atoms with E-state index in [-0.39, 0.29) is 17.8 Å². The lowest BCUT2D eigenvalue weighted by molar-refractivity contribution is -0.151. The molecule has 0 aromatic heterocycles. The fraction of sp³-hybridized carbons (Fsp3) is 0.867. The Morgan fingerprint density at radius 3 is 2.32 bits per heavy atom. The number of hydrogen-bond donors (Lipinski definition) is 0. The van der Waals surface area contributed by atoms with Crippen LogP contribution in [0.15, 0.2) is 0 Å². The van der Waals surface area contributed by atoms with Crippen LogP contribution in [0.4, 0.5) is 0 Å². The highest BCUT2D eigenvalue weighted by Gasteiger charge is 2.33. The lowest BCUT2D eigenvalue weighted by Crippen LogP contribution is -2.35. The van der Waals surface area contributed by atoms with E-state index in [1.807, 2.05) is 4.90 Å². The topological polar surface area (TPSA) is 46.6 Å². The average Bonchev–Trinajstić information content (AvgIpc) is 2.99. The molecule has 4 nitrogen and oxygen atoms in total. The number of methoxy groups -OCH3 is 1. The first-order valence-electron chi connectivity index (χ1n) is 7.58. The molecule has 2 rings (SSSR count). The maximum absolute atomic E-state index is 12.2. The highest BCUT2D eigenvalue weighted by Crippen LogP contribution is 2.33. The van der Waals surface area contributed by atoms with Crippen molar-refractivity contribution in [2.75, 3.05) is 20.2 Å². The van der Waals surface area contributed by atoms with E-state index >= 15 is 0 Å². The molecule has 4 heteroatoms. The molecule has 1 aliphatic heterocycles. The number of likely N-dealkylation sites (tertiary alicyclic amines) is 1. The molecule has 2 aliphatic rings. The number of nitrogens with zero attached hydrogens (tertiary/aromatic N) is 1. The van der Waals surface area contributed by atoms with E-state index in [1.54, 1.807) is 0 Å². The molecule has 19 heavy (non-hydrogen) atoms. The van der Waals surface area contributed by atoms with Gasteiger partial charge in [-0.1, -0.05) is 19.3 Å². The van der Waals surface area contributed by atoms with Gasteiger partial charge >= 0.3 is 5.97 Å². The number of hydrogen-bond acceptors (Lipinski definition) is 3. The monoisotopic (exact) mass is 267 g/mol. The number of amides is 1. The molecule has 1 amide bonds. The summed E-state index contributed by atoms with van der Waals surface area (Å²) in [7, 11) is 1.43. The fourth-order valence-corrected chi connectivity index (χ4v) is 3.41. The van der Waals surface area contributed by atoms with Gasteiger partial charge in [-0.15, -0.1) is 0 Å². The van der Waals surface area contributed by atoms with Gasteiger partial charge in [0.2, 0.25) is 5.91 Å². The van der Waals surface area contributed by atoms with Gasteiger partial charge in [-0.3, -0.25) is 9.59 Å². The molecule has 1 atom stereocenters. The van der Waals surface area contributed by atoms with E-state index in [0.29, 0.717) is 12.3 Å². The zero-order valence-electron chi connectivity index (χ0n) is 11.9. The second kappa shape index (κ2) is 6.92. The zero-order chi connectivity index (χ0) is 13.7. The van der Waals surface area contributed by atoms with Crippen LogP contribution in [0, 0.1) is 11.8 Å². The molecular weight excluding hydrogens is 242 g/mol. The molecule has 1 saturated heterocycles. The molecule has 2 fully saturated rings. The van der Waals surface area contributed by atoms with E-state index in [1.165, 1.54) is 26.4 Å². The van der Waals surface area contributed by atoms with Gasteiger partial charge in [0.25, 0.3) is 0 Å². The van der Waals surface area contributed by atoms with Gasteiger partial charge in [0.1, 0.15) is 0 Å². The quantitative estimate of drug-likeness (QED) is 0.735. The highest BCUT2D eigenvalue weighted by atomic mass is 16.5. The van der Waals surface area contributed by atoms with Gasteiger partial charge in [0.05, 0.1) is 13.0 Å². The van der Waals surface area contributed by atoms with Crippen molar-refractivity contribution < 1.29 is 14.3 Å². The van der Waals surface area contributed by atoms with Crippen molar-refractivity contribution in [3.05, 3.63) is 0 Å². The molecule has 1 heterocycles. The molecule has 108 valence electrons. The lowest BCUT2D eigenvalue weighted by Gasteiger charge is -2.29. The van der Waals surface area contributed by atoms with Crippen molar-refractivity contribution in [2.24, 2.45) is 11.8 Å². The molecule has 0 bridgehead atoms. The smallest absolute Gasteiger partial charge is 0.309 e. The Labute approximate surface area is 115 Å². The minimum absolute atomic E-state index is 0.137. The molecule has 1 aliphatic carbocycles. The summed E-state index contributed by atoms with van der Waals surface area (Å²) in [4.78, 5) is 26.1. The standard InChI is InChI=1S/C15H25NO3/c1-19-15(18)13(12-7-3-2-4-8-12)11-14(17)16-9-5-6-10-16/h12-13H,2-11H2,1H3/t13-/m0/s1. The third-order valence-electron chi connectivity index (χ3n) is 4.58. The Hall–Kier alpha value is -1.06. The second-order valence-electron chi connectivity index (χ2n) is 5.82. The van der Waals surface area contributed by atoms with Crippen LogP contribution in [0.1, 0.15) is 51.4 Å². The third kappa shape index (κ3) is 3.71. The molecule has 0 radical (unpaired) electrons. The maximum Gasteiger partial charge on any atom is 0.309 e. The van der Waals surface area contributed by atoms with Gasteiger partial charge in [-0.25, -0.2) is 0 Å². The van der Waals surface area contributed by atoms with Gasteiger partial charge in [0.15, 0.2) is 0 Å². The predicted molar refractivity (Wildman–Crippen MR) is 72.5 cm³/mol. The summed E-state index contributed by atoms with van der Waals surface area (Å²) in [5, 5.41) is 0. The van der Waals surface area contributed by atoms with Crippen molar-refractivity contribution in [1.82, 2.24) is 4.90 Å². The summed E-state index contributed by atoms with van der Waals surface area (Å²) in [6.07, 6.45) is 8.27. The number of ether oxygens (including phenoxy) is 1. The van der Waals surface area contributed by atoms with Crippen molar-refractivity contribution >= 4 is 11.9 Å². The molecule has 0 aromatic rings. The van der Waals surface area contributed by atoms with Crippen LogP contribution in [-0.2, 0) is 14.3 Å². The number of rotatable bonds is 4. The van der Waals surface area contributed by atoms with E-state index in [4.69, 9.17) is 4.74 Å². The zero-order valence-corrected chi connectivity index (χ0v) is 11.9. The van der Waals surface area contributed by atoms with Crippen molar-refractivity contribution in [3.8, 4) is 0 Å². The first-order valence-corrected chi connectivity index (χ1v) is 7.58. The molecule has 0 aromatic carbocycles. The minimum Gasteiger partial charge on any atom is -0.469 e. The SMILES string of the molecule is COC(=O)[C@@H](CC(=O)N1CCCC1)C1CCCCC1. The predicted octanol–water partition coefficient (Wildman–Crippen LogP) is 2.37. The van der Waals surface area contributed by atoms with E-state index in [2.05, 4.69) is 0 Å². The average molecular weight is 267 g/mol. The Balaban J connectivity index is 1.96. The van der Waals surface area contributed by atoms with Crippen LogP contribution in [0.5, 0.6) is 0 Å². The van der Waals surface area contributed by atoms with Crippen LogP contribution in [-0.4, -0.2) is 37.0 Å². The maximum atomic E-state index is 12.2. The van der Waals surface area contributed by atoms with E-state index < -0.39 is 0 Å². The highest BCUT2D eigenvalue weighted by molar-refractivity contribution is 5.83. The van der Waals surface area contributed by atoms with Crippen molar-refractivity contribution in [2.45, 2.75) is 51.4 Å². The first-order chi connectivity index (χ1) is 9.22. The van der Waals surface area contributed by atoms with Crippen molar-refractivity contribution in [1.29, 1.82) is 0 Å². The first kappa shape index (κ1) is 14.4. The largest absolute Gasteiger partial charge is 0.469 e. The lowest BCUT2D eigenvalue weighted by atomic mass is 9.78. The summed E-state index contributed by atoms with van der Waals surface area (Å²) >= 11 is 0. The molecule has 0 N–H and O–H groups in total. The Morgan fingerprint density at radius 2 is 1.74 bits per heavy atom. The van der Waals surface area contributed by atoms with Gasteiger partial charge in [-0.05, 0) is 31.6 Å². The van der Waals surface area contributed by atoms with Gasteiger partial charge < -0.3 is 9.64 Å². The van der Waals surface area contributed by atoms with Gasteiger partial charge in [-0.2, -0.15) is 0 Å². The van der Waals surface area contributed by atoms with E-state index in [9.17, 15) is 9.59 Å². The van der Waals surface area contributed by atoms with Crippen LogP contribution >= 0.6 is 0 Å². The van der Waals surface area contributed by atoms with Crippen molar-refractivity contribution in [3.63, 3.8) is 0 Å². The summed E-state index contributed by atoms with van der Waals surface area (Å²) in [6, 6.07) is 0. The minimum atomic E-state index is -0.224. The summed E-state index contributed by atoms with van der Waals surface area (Å²) in [5.41, 5.74) is 0. The van der Waals surface area contributed by atoms with Crippen LogP contribution in [0.2, 0.25) is 0 Å². The number of carbonyl (C=O) groups is 2. The second-order valence-corrected chi connectivity index (χ2v) is 5.82. The number of carbonyl (C=O) groups excluding carboxylic acids is 2. The van der Waals surface area contributed by atoms with Gasteiger partial charge in [0, 0.05) is 19.5 Å². The van der Waals surface area contributed by atoms with E-state index in [0.717, 1.165) is 38.8 Å². The Kier molecular flexibility index (Phi) is 5.23. The molecule has 0 unspecified atom stereocenters. The third-order valence-corrected chi connectivity index (χ3v) is 4.58.